The van der Waals surface area contributed by atoms with Crippen molar-refractivity contribution in [1.29, 1.82) is 0 Å². The molecule has 1 aliphatic heterocycles. The van der Waals surface area contributed by atoms with Gasteiger partial charge in [0.15, 0.2) is 0 Å². The highest BCUT2D eigenvalue weighted by Crippen LogP contribution is 2.27. The van der Waals surface area contributed by atoms with Gasteiger partial charge in [-0.05, 0) is 0 Å². The molecule has 0 saturated carbocycles. The predicted octanol–water partition coefficient (Wildman–Crippen LogP) is -3.04. The van der Waals surface area contributed by atoms with Crippen LogP contribution in [0.2, 0.25) is 0 Å². The molecule has 1 heterocycles. The van der Waals surface area contributed by atoms with Gasteiger partial charge in [-0.15, -0.1) is 0 Å². The summed E-state index contributed by atoms with van der Waals surface area (Å²) in [6.07, 6.45) is -3.57. The maximum atomic E-state index is 9.25. The summed E-state index contributed by atoms with van der Waals surface area (Å²) in [5.41, 5.74) is -1.66. The summed E-state index contributed by atoms with van der Waals surface area (Å²) in [6.45, 7) is -1.06. The average molecular weight is 174 g/mol. The van der Waals surface area contributed by atoms with Gasteiger partial charge in [-0.1, -0.05) is 0 Å². The Morgan fingerprint density at radius 1 is 1.33 bits per heavy atom. The van der Waals surface area contributed by atoms with Gasteiger partial charge >= 0.3 is 0 Å². The molecule has 0 amide bonds. The first-order chi connectivity index (χ1) is 5.55. The largest absolute Gasteiger partial charge is 0.394 e. The van der Waals surface area contributed by atoms with E-state index in [1.54, 1.807) is 0 Å². The molecule has 2 unspecified atom stereocenters. The smallest absolute Gasteiger partial charge is 0.120 e. The minimum Gasteiger partial charge on any atom is -0.394 e. The number of aliphatic hydroxyl groups excluding tert-OH is 4. The summed E-state index contributed by atoms with van der Waals surface area (Å²) in [7, 11) is 5.36. The maximum Gasteiger partial charge on any atom is 0.120 e. The van der Waals surface area contributed by atoms with Gasteiger partial charge in [-0.2, -0.15) is 0 Å². The molecule has 0 aromatic heterocycles. The Morgan fingerprint density at radius 3 is 2.17 bits per heavy atom. The van der Waals surface area contributed by atoms with E-state index in [0.29, 0.717) is 0 Å². The normalized spacial score (nSPS) is 48.2. The molecule has 0 spiro atoms. The van der Waals surface area contributed by atoms with Gasteiger partial charge in [-0.3, -0.25) is 0 Å². The molecule has 4 atom stereocenters. The van der Waals surface area contributed by atoms with E-state index in [9.17, 15) is 10.2 Å². The lowest BCUT2D eigenvalue weighted by Gasteiger charge is -2.25. The Bertz CT molecular complexity index is 166. The zero-order valence-corrected chi connectivity index (χ0v) is 6.42. The molecule has 1 rings (SSSR count). The SMILES string of the molecule is [B][C@]1(CO)O[C@H](CO)C(O)C1O. The fourth-order valence-electron chi connectivity index (χ4n) is 1.19. The van der Waals surface area contributed by atoms with Crippen molar-refractivity contribution < 1.29 is 25.2 Å². The molecule has 4 N–H and O–H groups in total. The van der Waals surface area contributed by atoms with Gasteiger partial charge in [0.25, 0.3) is 0 Å². The highest BCUT2D eigenvalue weighted by atomic mass is 16.6. The summed E-state index contributed by atoms with van der Waals surface area (Å²) in [5, 5.41) is 35.8. The Labute approximate surface area is 71.0 Å². The fraction of sp³-hybridized carbons (Fsp3) is 1.00. The van der Waals surface area contributed by atoms with Crippen LogP contribution in [0.4, 0.5) is 0 Å². The maximum absolute atomic E-state index is 9.25. The third-order valence-corrected chi connectivity index (χ3v) is 2.00. The summed E-state index contributed by atoms with van der Waals surface area (Å²) in [5.74, 6) is 0. The minimum absolute atomic E-state index is 0.447. The van der Waals surface area contributed by atoms with Crippen LogP contribution in [-0.2, 0) is 4.74 Å². The van der Waals surface area contributed by atoms with E-state index in [1.807, 2.05) is 0 Å². The van der Waals surface area contributed by atoms with Crippen molar-refractivity contribution in [2.75, 3.05) is 13.2 Å². The van der Waals surface area contributed by atoms with E-state index in [-0.39, 0.29) is 0 Å². The van der Waals surface area contributed by atoms with Gasteiger partial charge < -0.3 is 25.2 Å². The fourth-order valence-corrected chi connectivity index (χ4v) is 1.19. The van der Waals surface area contributed by atoms with Gasteiger partial charge in [0.2, 0.25) is 0 Å². The van der Waals surface area contributed by atoms with Crippen molar-refractivity contribution in [3.63, 3.8) is 0 Å². The molecule has 68 valence electrons. The Hall–Kier alpha value is -0.135. The van der Waals surface area contributed by atoms with Gasteiger partial charge in [0.05, 0.1) is 18.7 Å². The monoisotopic (exact) mass is 174 g/mol. The van der Waals surface area contributed by atoms with Crippen LogP contribution < -0.4 is 0 Å². The van der Waals surface area contributed by atoms with Crippen molar-refractivity contribution in [3.8, 4) is 0 Å². The Morgan fingerprint density at radius 2 is 1.92 bits per heavy atom. The summed E-state index contributed by atoms with van der Waals surface area (Å²) in [6, 6.07) is 0. The second-order valence-corrected chi connectivity index (χ2v) is 2.89. The molecule has 0 aromatic rings. The first-order valence-electron chi connectivity index (χ1n) is 3.59. The lowest BCUT2D eigenvalue weighted by Crippen LogP contribution is -2.46. The highest BCUT2D eigenvalue weighted by Gasteiger charge is 2.49. The number of ether oxygens (including phenoxy) is 1. The molecule has 1 aliphatic rings. The quantitative estimate of drug-likeness (QED) is 0.334. The Kier molecular flexibility index (Phi) is 2.75. The zero-order chi connectivity index (χ0) is 9.35. The van der Waals surface area contributed by atoms with Crippen molar-refractivity contribution in [3.05, 3.63) is 0 Å². The first kappa shape index (κ1) is 9.95. The van der Waals surface area contributed by atoms with E-state index in [0.717, 1.165) is 0 Å². The molecule has 0 aliphatic carbocycles. The molecule has 12 heavy (non-hydrogen) atoms. The summed E-state index contributed by atoms with van der Waals surface area (Å²) < 4.78 is 4.85. The molecule has 2 radical (unpaired) electrons. The molecule has 6 heteroatoms. The van der Waals surface area contributed by atoms with E-state index >= 15 is 0 Å². The van der Waals surface area contributed by atoms with Crippen LogP contribution in [0.25, 0.3) is 0 Å². The topological polar surface area (TPSA) is 90.2 Å². The number of rotatable bonds is 2. The third kappa shape index (κ3) is 1.36. The molecule has 0 aromatic carbocycles. The van der Waals surface area contributed by atoms with E-state index in [4.69, 9.17) is 22.8 Å². The Balaban J connectivity index is 2.72. The highest BCUT2D eigenvalue weighted by molar-refractivity contribution is 6.15. The standard InChI is InChI=1S/C6H11BO5/c7-6(2-9)5(11)4(10)3(1-8)12-6/h3-5,8-11H,1-2H2/t3-,4?,5?,6-/m1/s1. The van der Waals surface area contributed by atoms with Gasteiger partial charge in [-0.25, -0.2) is 0 Å². The molecule has 1 saturated heterocycles. The average Bonchev–Trinajstić information content (AvgIpc) is 2.31. The van der Waals surface area contributed by atoms with E-state index in [1.165, 1.54) is 0 Å². The van der Waals surface area contributed by atoms with E-state index < -0.39 is 37.0 Å². The third-order valence-electron chi connectivity index (χ3n) is 2.00. The second-order valence-electron chi connectivity index (χ2n) is 2.89. The van der Waals surface area contributed by atoms with Crippen LogP contribution in [0, 0.1) is 0 Å². The molecule has 1 fully saturated rings. The van der Waals surface area contributed by atoms with Crippen LogP contribution in [0.1, 0.15) is 0 Å². The van der Waals surface area contributed by atoms with Crippen LogP contribution in [-0.4, -0.2) is 65.3 Å². The number of hydrogen-bond donors (Lipinski definition) is 4. The molecule has 5 nitrogen and oxygen atoms in total. The zero-order valence-electron chi connectivity index (χ0n) is 6.42. The summed E-state index contributed by atoms with van der Waals surface area (Å²) in [4.78, 5) is 0. The molecular formula is C6H11BO5. The first-order valence-corrected chi connectivity index (χ1v) is 3.59. The van der Waals surface area contributed by atoms with Crippen molar-refractivity contribution >= 4 is 7.85 Å². The van der Waals surface area contributed by atoms with Gasteiger partial charge in [0.1, 0.15) is 26.2 Å². The molecular weight excluding hydrogens is 163 g/mol. The lowest BCUT2D eigenvalue weighted by molar-refractivity contribution is -0.0657. The van der Waals surface area contributed by atoms with Crippen LogP contribution >= 0.6 is 0 Å². The minimum atomic E-state index is -1.66. The second kappa shape index (κ2) is 3.31. The lowest BCUT2D eigenvalue weighted by atomic mass is 9.77. The summed E-state index contributed by atoms with van der Waals surface area (Å²) >= 11 is 0. The van der Waals surface area contributed by atoms with Crippen molar-refractivity contribution in [2.45, 2.75) is 23.8 Å². The number of aliphatic hydroxyl groups is 4. The van der Waals surface area contributed by atoms with Crippen molar-refractivity contribution in [2.24, 2.45) is 0 Å². The molecule has 0 bridgehead atoms. The van der Waals surface area contributed by atoms with Gasteiger partial charge in [0, 0.05) is 0 Å². The predicted molar refractivity (Wildman–Crippen MR) is 39.5 cm³/mol. The van der Waals surface area contributed by atoms with Crippen molar-refractivity contribution in [1.82, 2.24) is 0 Å². The van der Waals surface area contributed by atoms with Crippen LogP contribution in [0.15, 0.2) is 0 Å². The van der Waals surface area contributed by atoms with Crippen LogP contribution in [0.3, 0.4) is 0 Å². The van der Waals surface area contributed by atoms with Crippen LogP contribution in [0.5, 0.6) is 0 Å². The van der Waals surface area contributed by atoms with E-state index in [2.05, 4.69) is 0 Å². The number of hydrogen-bond acceptors (Lipinski definition) is 5.